The molecular formula is C25H38N6. The lowest BCUT2D eigenvalue weighted by atomic mass is 9.85. The Morgan fingerprint density at radius 3 is 2.35 bits per heavy atom. The first-order valence-corrected chi connectivity index (χ1v) is 11.5. The van der Waals surface area contributed by atoms with E-state index in [-0.39, 0.29) is 5.41 Å². The predicted octanol–water partition coefficient (Wildman–Crippen LogP) is 3.26. The maximum absolute atomic E-state index is 4.78. The molecule has 1 aliphatic rings. The largest absolute Gasteiger partial charge is 0.357 e. The molecule has 0 bridgehead atoms. The zero-order chi connectivity index (χ0) is 22.1. The number of aromatic nitrogens is 1. The zero-order valence-corrected chi connectivity index (χ0v) is 19.6. The van der Waals surface area contributed by atoms with Gasteiger partial charge in [0.15, 0.2) is 5.96 Å². The molecule has 1 aliphatic heterocycles. The summed E-state index contributed by atoms with van der Waals surface area (Å²) >= 11 is 0. The van der Waals surface area contributed by atoms with Gasteiger partial charge in [0.1, 0.15) is 5.82 Å². The lowest BCUT2D eigenvalue weighted by molar-refractivity contribution is 0.270. The molecule has 6 nitrogen and oxygen atoms in total. The summed E-state index contributed by atoms with van der Waals surface area (Å²) in [5, 5.41) is 6.86. The summed E-state index contributed by atoms with van der Waals surface area (Å²) < 4.78 is 0. The smallest absolute Gasteiger partial charge is 0.191 e. The van der Waals surface area contributed by atoms with Gasteiger partial charge in [-0.3, -0.25) is 0 Å². The Morgan fingerprint density at radius 1 is 1.00 bits per heavy atom. The normalized spacial score (nSPS) is 15.7. The second-order valence-electron chi connectivity index (χ2n) is 8.74. The molecule has 6 heteroatoms. The number of rotatable bonds is 8. The molecule has 1 saturated heterocycles. The Hall–Kier alpha value is -2.60. The Kier molecular flexibility index (Phi) is 8.29. The number of nitrogens with one attached hydrogen (secondary N) is 2. The van der Waals surface area contributed by atoms with Gasteiger partial charge >= 0.3 is 0 Å². The summed E-state index contributed by atoms with van der Waals surface area (Å²) in [5.74, 6) is 1.91. The third-order valence-corrected chi connectivity index (χ3v) is 5.97. The second kappa shape index (κ2) is 11.1. The number of aliphatic imine (C=N–C) groups is 1. The van der Waals surface area contributed by atoms with E-state index in [2.05, 4.69) is 90.6 Å². The minimum absolute atomic E-state index is 0.0163. The highest BCUT2D eigenvalue weighted by atomic mass is 15.3. The van der Waals surface area contributed by atoms with Gasteiger partial charge in [0.25, 0.3) is 0 Å². The number of piperazine rings is 1. The number of anilines is 1. The van der Waals surface area contributed by atoms with Gasteiger partial charge in [-0.2, -0.15) is 0 Å². The number of benzene rings is 1. The minimum atomic E-state index is 0.0163. The van der Waals surface area contributed by atoms with Crippen LogP contribution in [0.1, 0.15) is 38.8 Å². The van der Waals surface area contributed by atoms with Gasteiger partial charge in [-0.05, 0) is 30.7 Å². The number of pyridine rings is 1. The van der Waals surface area contributed by atoms with E-state index in [0.717, 1.165) is 63.2 Å². The van der Waals surface area contributed by atoms with Gasteiger partial charge < -0.3 is 20.4 Å². The second-order valence-corrected chi connectivity index (χ2v) is 8.74. The molecule has 0 radical (unpaired) electrons. The molecule has 1 fully saturated rings. The standard InChI is InChI=1S/C25H38N6/c1-5-26-24(29-20-25(3,4)22-10-8-7-9-11-22)28-19-21-12-13-23(27-18-21)31-16-14-30(6-2)15-17-31/h7-13,18H,5-6,14-17,19-20H2,1-4H3,(H2,26,28,29). The van der Waals surface area contributed by atoms with Crippen molar-refractivity contribution in [2.45, 2.75) is 39.7 Å². The van der Waals surface area contributed by atoms with Crippen molar-refractivity contribution in [1.82, 2.24) is 20.5 Å². The van der Waals surface area contributed by atoms with E-state index in [4.69, 9.17) is 9.98 Å². The van der Waals surface area contributed by atoms with E-state index in [9.17, 15) is 0 Å². The number of hydrogen-bond donors (Lipinski definition) is 2. The van der Waals surface area contributed by atoms with Crippen molar-refractivity contribution in [3.8, 4) is 0 Å². The first-order valence-electron chi connectivity index (χ1n) is 11.5. The molecule has 168 valence electrons. The van der Waals surface area contributed by atoms with Gasteiger partial charge in [-0.1, -0.05) is 57.2 Å². The highest BCUT2D eigenvalue weighted by Gasteiger charge is 2.20. The van der Waals surface area contributed by atoms with Gasteiger partial charge in [0, 0.05) is 50.9 Å². The van der Waals surface area contributed by atoms with Crippen LogP contribution in [0, 0.1) is 0 Å². The lowest BCUT2D eigenvalue weighted by Crippen LogP contribution is -2.46. The molecule has 0 amide bonds. The fourth-order valence-electron chi connectivity index (χ4n) is 3.80. The van der Waals surface area contributed by atoms with E-state index < -0.39 is 0 Å². The van der Waals surface area contributed by atoms with Crippen LogP contribution in [0.2, 0.25) is 0 Å². The SMILES string of the molecule is CCNC(=NCc1ccc(N2CCN(CC)CC2)nc1)NCC(C)(C)c1ccccc1. The van der Waals surface area contributed by atoms with Crippen molar-refractivity contribution in [2.75, 3.05) is 50.7 Å². The molecule has 0 spiro atoms. The quantitative estimate of drug-likeness (QED) is 0.505. The van der Waals surface area contributed by atoms with Gasteiger partial charge in [0.05, 0.1) is 6.54 Å². The molecule has 0 saturated carbocycles. The molecule has 0 aliphatic carbocycles. The van der Waals surface area contributed by atoms with Crippen LogP contribution in [-0.2, 0) is 12.0 Å². The monoisotopic (exact) mass is 422 g/mol. The van der Waals surface area contributed by atoms with Crippen molar-refractivity contribution in [3.63, 3.8) is 0 Å². The first-order chi connectivity index (χ1) is 15.0. The number of likely N-dealkylation sites (N-methyl/N-ethyl adjacent to an activating group) is 1. The average Bonchev–Trinajstić information content (AvgIpc) is 2.82. The lowest BCUT2D eigenvalue weighted by Gasteiger charge is -2.34. The topological polar surface area (TPSA) is 55.8 Å². The summed E-state index contributed by atoms with van der Waals surface area (Å²) in [6.07, 6.45) is 1.96. The van der Waals surface area contributed by atoms with Crippen LogP contribution in [0.15, 0.2) is 53.7 Å². The highest BCUT2D eigenvalue weighted by Crippen LogP contribution is 2.21. The molecular weight excluding hydrogens is 384 g/mol. The molecule has 2 aromatic rings. The summed E-state index contributed by atoms with van der Waals surface area (Å²) in [5.41, 5.74) is 2.45. The highest BCUT2D eigenvalue weighted by molar-refractivity contribution is 5.79. The molecule has 31 heavy (non-hydrogen) atoms. The maximum Gasteiger partial charge on any atom is 0.191 e. The zero-order valence-electron chi connectivity index (χ0n) is 19.6. The Labute approximate surface area is 187 Å². The summed E-state index contributed by atoms with van der Waals surface area (Å²) in [4.78, 5) is 14.3. The number of hydrogen-bond acceptors (Lipinski definition) is 4. The average molecular weight is 423 g/mol. The van der Waals surface area contributed by atoms with Crippen LogP contribution in [0.5, 0.6) is 0 Å². The molecule has 3 rings (SSSR count). The van der Waals surface area contributed by atoms with E-state index in [1.807, 2.05) is 6.20 Å². The van der Waals surface area contributed by atoms with Crippen molar-refractivity contribution < 1.29 is 0 Å². The van der Waals surface area contributed by atoms with Gasteiger partial charge in [-0.25, -0.2) is 9.98 Å². The number of guanidine groups is 1. The van der Waals surface area contributed by atoms with Crippen LogP contribution in [-0.4, -0.2) is 61.7 Å². The third-order valence-electron chi connectivity index (χ3n) is 5.97. The Bertz CT molecular complexity index is 808. The molecule has 2 N–H and O–H groups in total. The van der Waals surface area contributed by atoms with Crippen LogP contribution in [0.3, 0.4) is 0 Å². The number of nitrogens with zero attached hydrogens (tertiary/aromatic N) is 4. The van der Waals surface area contributed by atoms with Crippen LogP contribution >= 0.6 is 0 Å². The van der Waals surface area contributed by atoms with Crippen molar-refractivity contribution in [1.29, 1.82) is 0 Å². The van der Waals surface area contributed by atoms with Gasteiger partial charge in [-0.15, -0.1) is 0 Å². The van der Waals surface area contributed by atoms with Crippen molar-refractivity contribution in [3.05, 3.63) is 59.8 Å². The summed E-state index contributed by atoms with van der Waals surface area (Å²) in [6.45, 7) is 16.5. The summed E-state index contributed by atoms with van der Waals surface area (Å²) in [7, 11) is 0. The van der Waals surface area contributed by atoms with Crippen LogP contribution < -0.4 is 15.5 Å². The van der Waals surface area contributed by atoms with E-state index in [1.165, 1.54) is 5.56 Å². The molecule has 0 atom stereocenters. The van der Waals surface area contributed by atoms with E-state index in [0.29, 0.717) is 6.54 Å². The van der Waals surface area contributed by atoms with Crippen molar-refractivity contribution >= 4 is 11.8 Å². The fourth-order valence-corrected chi connectivity index (χ4v) is 3.80. The van der Waals surface area contributed by atoms with E-state index in [1.54, 1.807) is 0 Å². The molecule has 0 unspecified atom stereocenters. The maximum atomic E-state index is 4.78. The molecule has 1 aromatic carbocycles. The predicted molar refractivity (Wildman–Crippen MR) is 131 cm³/mol. The first kappa shape index (κ1) is 23.1. The summed E-state index contributed by atoms with van der Waals surface area (Å²) in [6, 6.07) is 14.9. The molecule has 2 heterocycles. The molecule has 1 aromatic heterocycles. The Balaban J connectivity index is 1.56. The van der Waals surface area contributed by atoms with Crippen molar-refractivity contribution in [2.24, 2.45) is 4.99 Å². The van der Waals surface area contributed by atoms with Gasteiger partial charge in [0.2, 0.25) is 0 Å². The van der Waals surface area contributed by atoms with E-state index >= 15 is 0 Å². The minimum Gasteiger partial charge on any atom is -0.357 e. The fraction of sp³-hybridized carbons (Fsp3) is 0.520. The Morgan fingerprint density at radius 2 is 1.74 bits per heavy atom. The third kappa shape index (κ3) is 6.69. The van der Waals surface area contributed by atoms with Crippen LogP contribution in [0.25, 0.3) is 0 Å². The van der Waals surface area contributed by atoms with Crippen LogP contribution in [0.4, 0.5) is 5.82 Å².